The van der Waals surface area contributed by atoms with Gasteiger partial charge in [0.25, 0.3) is 0 Å². The minimum absolute atomic E-state index is 0.315. The molecule has 0 spiro atoms. The number of benzene rings is 12. The smallest absolute Gasteiger partial charge is 0.188 e. The second kappa shape index (κ2) is 24.4. The molecule has 15 rings (SSSR count). The Balaban J connectivity index is 1.05. The maximum absolute atomic E-state index is 10.5. The van der Waals surface area contributed by atoms with Gasteiger partial charge in [0.15, 0.2) is 40.2 Å². The normalized spacial score (nSPS) is 10.8. The van der Waals surface area contributed by atoms with Crippen LogP contribution in [0.15, 0.2) is 243 Å². The monoisotopic (exact) mass is 1240 g/mol. The Kier molecular flexibility index (Phi) is 14.7. The van der Waals surface area contributed by atoms with E-state index in [1.807, 2.05) is 164 Å². The predicted molar refractivity (Wildman–Crippen MR) is 381 cm³/mol. The average Bonchev–Trinajstić information content (AvgIpc) is 1.56. The highest BCUT2D eigenvalue weighted by Crippen LogP contribution is 2.47. The molecule has 12 aromatic carbocycles. The number of aromatic nitrogens is 5. The van der Waals surface area contributed by atoms with Crippen LogP contribution in [0.5, 0.6) is 0 Å². The fourth-order valence-corrected chi connectivity index (χ4v) is 13.1. The number of hydrogen-bond donors (Lipinski definition) is 0. The number of fused-ring (bicyclic) bond motifs is 6. The van der Waals surface area contributed by atoms with Crippen molar-refractivity contribution in [2.45, 2.75) is 0 Å². The zero-order valence-electron chi connectivity index (χ0n) is 51.4. The van der Waals surface area contributed by atoms with Crippen molar-refractivity contribution in [1.82, 2.24) is 24.1 Å². The van der Waals surface area contributed by atoms with Crippen LogP contribution in [0.3, 0.4) is 0 Å². The van der Waals surface area contributed by atoms with E-state index in [0.717, 1.165) is 65.9 Å². The van der Waals surface area contributed by atoms with Gasteiger partial charge in [0.05, 0.1) is 112 Å². The van der Waals surface area contributed by atoms with Crippen molar-refractivity contribution in [2.24, 2.45) is 0 Å². The van der Waals surface area contributed by atoms with Crippen molar-refractivity contribution < 1.29 is 0 Å². The van der Waals surface area contributed by atoms with Gasteiger partial charge in [-0.15, -0.1) is 0 Å². The molecule has 0 unspecified atom stereocenters. The van der Waals surface area contributed by atoms with Crippen LogP contribution < -0.4 is 0 Å². The van der Waals surface area contributed by atoms with Gasteiger partial charge in [0.1, 0.15) is 0 Å². The first-order chi connectivity index (χ1) is 48.1. The summed E-state index contributed by atoms with van der Waals surface area (Å²) in [5, 5.41) is 54.4. The quantitative estimate of drug-likeness (QED) is 0.121. The molecular weight excluding hydrogens is 1210 g/mol. The van der Waals surface area contributed by atoms with Gasteiger partial charge in [-0.05, 0) is 159 Å². The van der Waals surface area contributed by atoms with E-state index in [0.29, 0.717) is 129 Å². The van der Waals surface area contributed by atoms with Crippen LogP contribution in [0.2, 0.25) is 0 Å². The minimum atomic E-state index is 0.315. The second-order valence-electron chi connectivity index (χ2n) is 23.0. The molecule has 14 heteroatoms. The van der Waals surface area contributed by atoms with Crippen LogP contribution in [0.25, 0.3) is 164 Å². The fraction of sp³-hybridized carbons (Fsp3) is 0. The lowest BCUT2D eigenvalue weighted by molar-refractivity contribution is 1.07. The van der Waals surface area contributed by atoms with Crippen LogP contribution in [0.4, 0.5) is 22.7 Å². The van der Waals surface area contributed by atoms with Crippen LogP contribution in [-0.2, 0) is 0 Å². The lowest BCUT2D eigenvalue weighted by atomic mass is 9.95. The third kappa shape index (κ3) is 10.1. The molecule has 0 fully saturated rings. The first-order valence-electron chi connectivity index (χ1n) is 30.5. The Hall–Kier alpha value is -15.3. The molecule has 0 radical (unpaired) electrons. The number of nitrogens with zero attached hydrogens (tertiary/aromatic N) is 14. The van der Waals surface area contributed by atoms with E-state index in [-0.39, 0.29) is 0 Å². The lowest BCUT2D eigenvalue weighted by Gasteiger charge is -2.20. The molecule has 3 aromatic heterocycles. The first kappa shape index (κ1) is 59.0. The van der Waals surface area contributed by atoms with E-state index < -0.39 is 0 Å². The van der Waals surface area contributed by atoms with Crippen LogP contribution in [0, 0.1) is 82.9 Å². The third-order valence-electron chi connectivity index (χ3n) is 17.6. The van der Waals surface area contributed by atoms with E-state index in [9.17, 15) is 26.3 Å². The molecule has 0 saturated heterocycles. The third-order valence-corrected chi connectivity index (χ3v) is 17.6. The molecule has 98 heavy (non-hydrogen) atoms. The van der Waals surface area contributed by atoms with E-state index in [1.165, 1.54) is 0 Å². The summed E-state index contributed by atoms with van der Waals surface area (Å²) in [5.74, 6) is 1.28. The summed E-state index contributed by atoms with van der Waals surface area (Å²) < 4.78 is 4.33. The lowest BCUT2D eigenvalue weighted by Crippen LogP contribution is -2.03. The van der Waals surface area contributed by atoms with Crippen LogP contribution in [0.1, 0.15) is 27.8 Å². The van der Waals surface area contributed by atoms with Crippen molar-refractivity contribution in [3.05, 3.63) is 316 Å². The highest BCUT2D eigenvalue weighted by atomic mass is 15.0. The molecule has 0 aliphatic carbocycles. The molecule has 0 aliphatic heterocycles. The Labute approximate surface area is 561 Å². The Morgan fingerprint density at radius 3 is 1.06 bits per heavy atom. The highest BCUT2D eigenvalue weighted by molar-refractivity contribution is 6.15. The van der Waals surface area contributed by atoms with Crippen molar-refractivity contribution in [1.29, 1.82) is 26.3 Å². The Bertz CT molecular complexity index is 6050. The zero-order chi connectivity index (χ0) is 67.1. The molecule has 0 N–H and O–H groups in total. The summed E-state index contributed by atoms with van der Waals surface area (Å²) in [7, 11) is 0. The van der Waals surface area contributed by atoms with E-state index in [1.54, 1.807) is 78.9 Å². The van der Waals surface area contributed by atoms with Gasteiger partial charge in [-0.2, -0.15) is 26.3 Å². The average molecular weight is 1250 g/mol. The molecule has 0 saturated carbocycles. The maximum atomic E-state index is 10.5. The van der Waals surface area contributed by atoms with Gasteiger partial charge >= 0.3 is 0 Å². The molecule has 0 amide bonds. The second-order valence-corrected chi connectivity index (χ2v) is 23.0. The standard InChI is InChI=1S/C84H40N14/c1-90-62-22-27-67(61(37-62)49-89)56-19-31-76-71(40-56)72-41-57(68-28-23-64(92-3)44-75(68)93-4)20-32-79(72)97(76)80-33-21-58(84-95-82(52-11-7-5-8-12-52)94-83(96-84)53-13-9-6-10-14-53)42-73(80)74-43-63(91-2)24-34-81(74)98-77-29-17-54(65-25-15-50(45-85)35-59(65)47-87)38-69(77)70-39-55(18-30-78(70)98)66-26-16-51(46-86)36-60(66)48-88/h5-44H. The summed E-state index contributed by atoms with van der Waals surface area (Å²) in [4.78, 5) is 30.6. The van der Waals surface area contributed by atoms with Gasteiger partial charge in [-0.3, -0.25) is 0 Å². The molecule has 15 aromatic rings. The van der Waals surface area contributed by atoms with Crippen LogP contribution in [-0.4, -0.2) is 24.1 Å². The number of hydrogen-bond acceptors (Lipinski definition) is 8. The van der Waals surface area contributed by atoms with E-state index in [4.69, 9.17) is 41.2 Å². The molecular formula is C84H40N14. The molecule has 3 heterocycles. The zero-order valence-corrected chi connectivity index (χ0v) is 51.4. The number of rotatable bonds is 10. The van der Waals surface area contributed by atoms with Crippen LogP contribution >= 0.6 is 0 Å². The van der Waals surface area contributed by atoms with E-state index in [2.05, 4.69) is 58.9 Å². The van der Waals surface area contributed by atoms with Crippen molar-refractivity contribution >= 4 is 66.4 Å². The van der Waals surface area contributed by atoms with Gasteiger partial charge < -0.3 is 9.13 Å². The minimum Gasteiger partial charge on any atom is -0.309 e. The van der Waals surface area contributed by atoms with Gasteiger partial charge in [0.2, 0.25) is 0 Å². The molecule has 14 nitrogen and oxygen atoms in total. The topological polar surface area (TPSA) is 185 Å². The summed E-state index contributed by atoms with van der Waals surface area (Å²) in [6, 6.07) is 86.6. The summed E-state index contributed by atoms with van der Waals surface area (Å²) in [6.07, 6.45) is 0. The molecule has 0 bridgehead atoms. The van der Waals surface area contributed by atoms with Crippen molar-refractivity contribution in [3.8, 4) is 132 Å². The Morgan fingerprint density at radius 2 is 0.633 bits per heavy atom. The maximum Gasteiger partial charge on any atom is 0.188 e. The van der Waals surface area contributed by atoms with E-state index >= 15 is 0 Å². The van der Waals surface area contributed by atoms with Gasteiger partial charge in [0, 0.05) is 49.4 Å². The summed E-state index contributed by atoms with van der Waals surface area (Å²) >= 11 is 0. The van der Waals surface area contributed by atoms with Gasteiger partial charge in [-0.25, -0.2) is 34.3 Å². The van der Waals surface area contributed by atoms with Gasteiger partial charge in [-0.1, -0.05) is 133 Å². The summed E-state index contributed by atoms with van der Waals surface area (Å²) in [6.45, 7) is 32.4. The fourth-order valence-electron chi connectivity index (χ4n) is 13.1. The molecule has 0 aliphatic rings. The highest BCUT2D eigenvalue weighted by Gasteiger charge is 2.26. The first-order valence-corrected chi connectivity index (χ1v) is 30.5. The van der Waals surface area contributed by atoms with Crippen molar-refractivity contribution in [2.75, 3.05) is 0 Å². The predicted octanol–water partition coefficient (Wildman–Crippen LogP) is 21.0. The number of nitriles is 5. The summed E-state index contributed by atoms with van der Waals surface area (Å²) in [5.41, 5.74) is 16.2. The van der Waals surface area contributed by atoms with Crippen molar-refractivity contribution in [3.63, 3.8) is 0 Å². The SMILES string of the molecule is [C-]#[N+]c1ccc(-c2ccc3c(c2)c2cc(-c4ccc([N+]#[C-])cc4[N+]#[C-])ccc2n3-c2ccc(-c3nc(-c4ccccc4)nc(-c4ccccc4)n3)cc2-c2cc([N+]#[C-])ccc2-n2c3ccc(-c4ccc(C#N)cc4C#N)cc3c3cc(-c4ccc(C#N)cc4C#N)ccc32)c(C#N)c1. The molecule has 0 atom stereocenters. The largest absolute Gasteiger partial charge is 0.309 e. The molecule has 446 valence electrons. The Morgan fingerprint density at radius 1 is 0.276 bits per heavy atom.